The Morgan fingerprint density at radius 2 is 2.33 bits per heavy atom. The highest BCUT2D eigenvalue weighted by Gasteiger charge is 2.17. The number of carbonyl (C=O) groups excluding carboxylic acids is 1. The van der Waals surface area contributed by atoms with Gasteiger partial charge in [0, 0.05) is 5.56 Å². The van der Waals surface area contributed by atoms with E-state index in [-0.39, 0.29) is 11.3 Å². The van der Waals surface area contributed by atoms with Gasteiger partial charge < -0.3 is 9.84 Å². The number of terminal acetylenes is 1. The maximum atomic E-state index is 11.4. The van der Waals surface area contributed by atoms with Gasteiger partial charge in [-0.2, -0.15) is 0 Å². The largest absolute Gasteiger partial charge is 0.506 e. The molecule has 0 saturated carbocycles. The van der Waals surface area contributed by atoms with Gasteiger partial charge in [-0.05, 0) is 34.1 Å². The lowest BCUT2D eigenvalue weighted by Gasteiger charge is -2.07. The molecule has 0 bridgehead atoms. The number of aliphatic hydroxyl groups excluding tert-OH is 1. The summed E-state index contributed by atoms with van der Waals surface area (Å²) in [5.41, 5.74) is 0.454. The zero-order valence-electron chi connectivity index (χ0n) is 9.61. The first-order valence-electron chi connectivity index (χ1n) is 4.82. The van der Waals surface area contributed by atoms with Crippen molar-refractivity contribution in [2.75, 3.05) is 7.11 Å². The van der Waals surface area contributed by atoms with Crippen LogP contribution in [0.3, 0.4) is 0 Å². The number of carbonyl (C=O) groups is 1. The number of nitrogens with zero attached hydrogens (tertiary/aromatic N) is 1. The van der Waals surface area contributed by atoms with Crippen LogP contribution in [0.1, 0.15) is 11.3 Å². The summed E-state index contributed by atoms with van der Waals surface area (Å²) in [4.78, 5) is 15.5. The number of hydrogen-bond acceptors (Lipinski definition) is 4. The fourth-order valence-corrected chi connectivity index (χ4v) is 1.59. The van der Waals surface area contributed by atoms with Gasteiger partial charge in [-0.15, -0.1) is 6.42 Å². The summed E-state index contributed by atoms with van der Waals surface area (Å²) in [5, 5.41) is 10.0. The number of aromatic nitrogens is 1. The van der Waals surface area contributed by atoms with Crippen molar-refractivity contribution in [2.24, 2.45) is 0 Å². The Balaban J connectivity index is 3.46. The molecule has 0 radical (unpaired) electrons. The molecule has 5 heteroatoms. The molecule has 1 rings (SSSR count). The van der Waals surface area contributed by atoms with Crippen LogP contribution in [0.15, 0.2) is 28.9 Å². The minimum absolute atomic E-state index is 0.260. The lowest BCUT2D eigenvalue weighted by Crippen LogP contribution is -2.07. The third-order valence-corrected chi connectivity index (χ3v) is 2.55. The number of hydrogen-bond donors (Lipinski definition) is 1. The molecule has 0 atom stereocenters. The average molecular weight is 308 g/mol. The van der Waals surface area contributed by atoms with Crippen LogP contribution in [0.4, 0.5) is 0 Å². The normalized spacial score (nSPS) is 11.2. The summed E-state index contributed by atoms with van der Waals surface area (Å²) in [6, 6.07) is 3.19. The number of ether oxygens (including phenoxy) is 1. The average Bonchev–Trinajstić information content (AvgIpc) is 2.38. The van der Waals surface area contributed by atoms with Gasteiger partial charge >= 0.3 is 5.97 Å². The first-order valence-corrected chi connectivity index (χ1v) is 5.62. The highest BCUT2D eigenvalue weighted by molar-refractivity contribution is 9.10. The number of methoxy groups -OCH3 is 1. The van der Waals surface area contributed by atoms with Gasteiger partial charge in [-0.1, -0.05) is 12.5 Å². The Morgan fingerprint density at radius 3 is 2.83 bits per heavy atom. The van der Waals surface area contributed by atoms with E-state index in [2.05, 4.69) is 38.2 Å². The third-order valence-electron chi connectivity index (χ3n) is 2.11. The fraction of sp³-hybridized carbons (Fsp3) is 0.0769. The first-order chi connectivity index (χ1) is 8.54. The molecule has 0 fully saturated rings. The molecule has 0 aliphatic heterocycles. The topological polar surface area (TPSA) is 59.4 Å². The van der Waals surface area contributed by atoms with Crippen LogP contribution in [0.2, 0.25) is 0 Å². The van der Waals surface area contributed by atoms with E-state index in [0.29, 0.717) is 15.9 Å². The predicted molar refractivity (Wildman–Crippen MR) is 72.4 cm³/mol. The molecule has 92 valence electrons. The lowest BCUT2D eigenvalue weighted by molar-refractivity contribution is -0.135. The monoisotopic (exact) mass is 307 g/mol. The van der Waals surface area contributed by atoms with Gasteiger partial charge in [0.25, 0.3) is 0 Å². The zero-order valence-corrected chi connectivity index (χ0v) is 11.2. The molecule has 0 unspecified atom stereocenters. The highest BCUT2D eigenvalue weighted by atomic mass is 79.9. The van der Waals surface area contributed by atoms with Gasteiger partial charge in [0.05, 0.1) is 12.8 Å². The van der Waals surface area contributed by atoms with Gasteiger partial charge in [0.2, 0.25) is 0 Å². The molecule has 0 saturated heterocycles. The molecule has 0 amide bonds. The van der Waals surface area contributed by atoms with Crippen LogP contribution in [0, 0.1) is 12.3 Å². The highest BCUT2D eigenvalue weighted by Crippen LogP contribution is 2.22. The minimum Gasteiger partial charge on any atom is -0.506 e. The van der Waals surface area contributed by atoms with Crippen molar-refractivity contribution in [3.63, 3.8) is 0 Å². The predicted octanol–water partition coefficient (Wildman–Crippen LogP) is 2.56. The maximum absolute atomic E-state index is 11.4. The number of halogens is 1. The number of aliphatic hydroxyl groups is 1. The van der Waals surface area contributed by atoms with E-state index < -0.39 is 5.97 Å². The molecule has 18 heavy (non-hydrogen) atoms. The van der Waals surface area contributed by atoms with Gasteiger partial charge in [-0.25, -0.2) is 9.78 Å². The van der Waals surface area contributed by atoms with Crippen LogP contribution in [0.5, 0.6) is 0 Å². The standard InChI is InChI=1S/C13H10BrNO3/c1-4-8(13(17)18-3)12(16)9-6-7-11(14)15-10(9)5-2/h1,5-7,16H,2H2,3H3/b12-8-. The Morgan fingerprint density at radius 1 is 1.67 bits per heavy atom. The molecule has 1 aromatic rings. The molecule has 0 spiro atoms. The number of esters is 1. The summed E-state index contributed by atoms with van der Waals surface area (Å²) in [5.74, 6) is 0.952. The van der Waals surface area contributed by atoms with E-state index in [9.17, 15) is 9.90 Å². The molecule has 1 aromatic heterocycles. The van der Waals surface area contributed by atoms with E-state index in [1.807, 2.05) is 0 Å². The van der Waals surface area contributed by atoms with E-state index in [4.69, 9.17) is 6.42 Å². The summed E-state index contributed by atoms with van der Waals surface area (Å²) in [6.45, 7) is 3.58. The molecule has 1 heterocycles. The molecule has 0 aromatic carbocycles. The Kier molecular flexibility index (Phi) is 4.69. The van der Waals surface area contributed by atoms with Crippen molar-refractivity contribution in [1.29, 1.82) is 0 Å². The van der Waals surface area contributed by atoms with Crippen LogP contribution >= 0.6 is 15.9 Å². The van der Waals surface area contributed by atoms with Crippen molar-refractivity contribution in [3.8, 4) is 12.3 Å². The smallest absolute Gasteiger partial charge is 0.350 e. The van der Waals surface area contributed by atoms with Crippen molar-refractivity contribution in [1.82, 2.24) is 4.98 Å². The van der Waals surface area contributed by atoms with E-state index in [1.54, 1.807) is 12.1 Å². The molecule has 4 nitrogen and oxygen atoms in total. The molecule has 0 aliphatic rings. The van der Waals surface area contributed by atoms with Crippen LogP contribution in [-0.2, 0) is 9.53 Å². The quantitative estimate of drug-likeness (QED) is 0.306. The van der Waals surface area contributed by atoms with Crippen molar-refractivity contribution < 1.29 is 14.6 Å². The third kappa shape index (κ3) is 2.79. The first kappa shape index (κ1) is 14.0. The summed E-state index contributed by atoms with van der Waals surface area (Å²) in [7, 11) is 1.18. The Labute approximate surface area is 113 Å². The summed E-state index contributed by atoms with van der Waals surface area (Å²) >= 11 is 3.19. The van der Waals surface area contributed by atoms with Crippen molar-refractivity contribution >= 4 is 33.7 Å². The van der Waals surface area contributed by atoms with E-state index >= 15 is 0 Å². The van der Waals surface area contributed by atoms with Crippen LogP contribution in [-0.4, -0.2) is 23.2 Å². The lowest BCUT2D eigenvalue weighted by atomic mass is 10.1. The van der Waals surface area contributed by atoms with Gasteiger partial charge in [-0.3, -0.25) is 0 Å². The van der Waals surface area contributed by atoms with Crippen LogP contribution in [0.25, 0.3) is 11.8 Å². The van der Waals surface area contributed by atoms with Crippen molar-refractivity contribution in [3.05, 3.63) is 40.1 Å². The van der Waals surface area contributed by atoms with E-state index in [1.165, 1.54) is 13.2 Å². The number of pyridine rings is 1. The SMILES string of the molecule is C#C/C(C(=O)OC)=C(/O)c1ccc(Br)nc1C=C. The Bertz CT molecular complexity index is 570. The van der Waals surface area contributed by atoms with E-state index in [0.717, 1.165) is 0 Å². The summed E-state index contributed by atoms with van der Waals surface area (Å²) in [6.07, 6.45) is 6.63. The minimum atomic E-state index is -0.784. The fourth-order valence-electron chi connectivity index (χ4n) is 1.27. The summed E-state index contributed by atoms with van der Waals surface area (Å²) < 4.78 is 5.07. The molecular formula is C13H10BrNO3. The van der Waals surface area contributed by atoms with Crippen LogP contribution < -0.4 is 0 Å². The second-order valence-electron chi connectivity index (χ2n) is 3.13. The van der Waals surface area contributed by atoms with Gasteiger partial charge in [0.1, 0.15) is 10.4 Å². The second kappa shape index (κ2) is 6.03. The number of rotatable bonds is 3. The molecule has 0 aliphatic carbocycles. The Hall–Kier alpha value is -2.06. The second-order valence-corrected chi connectivity index (χ2v) is 3.94. The van der Waals surface area contributed by atoms with Gasteiger partial charge in [0.15, 0.2) is 5.57 Å². The maximum Gasteiger partial charge on any atom is 0.350 e. The molecular weight excluding hydrogens is 298 g/mol. The molecule has 1 N–H and O–H groups in total. The van der Waals surface area contributed by atoms with Crippen molar-refractivity contribution in [2.45, 2.75) is 0 Å². The zero-order chi connectivity index (χ0) is 13.7.